The van der Waals surface area contributed by atoms with E-state index >= 15 is 0 Å². The van der Waals surface area contributed by atoms with Crippen LogP contribution in [0.5, 0.6) is 0 Å². The van der Waals surface area contributed by atoms with Gasteiger partial charge in [0.15, 0.2) is 6.29 Å². The van der Waals surface area contributed by atoms with Gasteiger partial charge in [-0.3, -0.25) is 14.5 Å². The first-order chi connectivity index (χ1) is 9.08. The number of carbonyl (C=O) groups is 2. The van der Waals surface area contributed by atoms with Crippen LogP contribution in [0.1, 0.15) is 38.5 Å². The molecule has 124 valence electrons. The van der Waals surface area contributed by atoms with Gasteiger partial charge in [-0.1, -0.05) is 0 Å². The van der Waals surface area contributed by atoms with E-state index in [0.29, 0.717) is 30.6 Å². The van der Waals surface area contributed by atoms with Gasteiger partial charge in [-0.2, -0.15) is 0 Å². The molecule has 2 radical (unpaired) electrons. The largest absolute Gasteiger partial charge is 0.366 e. The molecule has 1 atom stereocenters. The average molecular weight is 473 g/mol. The Morgan fingerprint density at radius 1 is 0.905 bits per heavy atom. The van der Waals surface area contributed by atoms with E-state index in [2.05, 4.69) is 0 Å². The third kappa shape index (κ3) is 3.32. The smallest absolute Gasteiger partial charge is 0.216 e. The van der Waals surface area contributed by atoms with Gasteiger partial charge < -0.3 is 10.2 Å². The fourth-order valence-corrected chi connectivity index (χ4v) is 5.48. The van der Waals surface area contributed by atoms with Crippen LogP contribution in [0.2, 0.25) is 0 Å². The van der Waals surface area contributed by atoms with Crippen molar-refractivity contribution in [2.75, 3.05) is 0 Å². The molecule has 0 aromatic heterocycles. The van der Waals surface area contributed by atoms with E-state index in [1.54, 1.807) is 0 Å². The summed E-state index contributed by atoms with van der Waals surface area (Å²) in [4.78, 5) is 23.0. The maximum absolute atomic E-state index is 11.0. The van der Waals surface area contributed by atoms with Gasteiger partial charge in [-0.15, -0.1) is 0 Å². The third-order valence-electron chi connectivity index (χ3n) is 5.56. The maximum Gasteiger partial charge on any atom is 0.216 e. The molecule has 0 heterocycles. The molecule has 2 amide bonds. The van der Waals surface area contributed by atoms with Crippen LogP contribution in [0, 0.1) is 23.2 Å². The van der Waals surface area contributed by atoms with Gasteiger partial charge >= 0.3 is 0 Å². The average Bonchev–Trinajstić information content (AvgIpc) is 2.33. The predicted octanol–water partition coefficient (Wildman–Crippen LogP) is 0.492. The summed E-state index contributed by atoms with van der Waals surface area (Å²) in [6, 6.07) is -0.782. The Bertz CT molecular complexity index is 348. The number of imide groups is 1. The summed E-state index contributed by atoms with van der Waals surface area (Å²) in [5, 5.41) is 19.4. The van der Waals surface area contributed by atoms with E-state index in [9.17, 15) is 19.8 Å². The molecule has 4 rings (SSSR count). The summed E-state index contributed by atoms with van der Waals surface area (Å²) in [7, 11) is 0. The van der Waals surface area contributed by atoms with E-state index in [-0.39, 0.29) is 44.4 Å². The minimum Gasteiger partial charge on any atom is -0.366 e. The number of aliphatic hydroxyl groups excluding tert-OH is 1. The zero-order chi connectivity index (χ0) is 13.6. The first-order valence-corrected chi connectivity index (χ1v) is 7.12. The first-order valence-electron chi connectivity index (χ1n) is 7.12. The number of carbonyl (C=O) groups excluding carboxylic acids is 2. The van der Waals surface area contributed by atoms with Gasteiger partial charge in [0.1, 0.15) is 0 Å². The van der Waals surface area contributed by atoms with Gasteiger partial charge in [0.25, 0.3) is 0 Å². The maximum atomic E-state index is 11.0. The second-order valence-corrected chi connectivity index (χ2v) is 6.80. The van der Waals surface area contributed by atoms with Crippen molar-refractivity contribution in [1.82, 2.24) is 4.90 Å². The first kappa shape index (κ1) is 19.4. The molecule has 0 spiro atoms. The number of rotatable bonds is 5. The van der Waals surface area contributed by atoms with Crippen molar-refractivity contribution in [1.29, 1.82) is 0 Å². The summed E-state index contributed by atoms with van der Waals surface area (Å²) in [6.45, 7) is 0. The number of hydrogen-bond acceptors (Lipinski definition) is 4. The summed E-state index contributed by atoms with van der Waals surface area (Å²) >= 11 is 0. The number of amides is 2. The SMILES string of the molecule is O=CN(C=O)C(C(O)O)C12CC3CC(CC(C3)C1)C2.[Rh].[Rh]. The monoisotopic (exact) mass is 473 g/mol. The summed E-state index contributed by atoms with van der Waals surface area (Å²) in [6.07, 6.45) is 5.65. The molecule has 4 bridgehead atoms. The van der Waals surface area contributed by atoms with Crippen LogP contribution in [0.25, 0.3) is 0 Å². The number of aliphatic hydroxyl groups is 2. The Hall–Kier alpha value is 0.307. The van der Waals surface area contributed by atoms with Crippen molar-refractivity contribution in [2.45, 2.75) is 50.9 Å². The van der Waals surface area contributed by atoms with Gasteiger partial charge in [0, 0.05) is 39.0 Å². The van der Waals surface area contributed by atoms with Crippen molar-refractivity contribution >= 4 is 12.8 Å². The Labute approximate surface area is 150 Å². The quantitative estimate of drug-likeness (QED) is 0.347. The molecular weight excluding hydrogens is 452 g/mol. The Kier molecular flexibility index (Phi) is 6.68. The van der Waals surface area contributed by atoms with E-state index in [0.717, 1.165) is 24.2 Å². The molecule has 0 aromatic carbocycles. The van der Waals surface area contributed by atoms with Crippen molar-refractivity contribution in [3.8, 4) is 0 Å². The second-order valence-electron chi connectivity index (χ2n) is 6.80. The Morgan fingerprint density at radius 2 is 1.29 bits per heavy atom. The van der Waals surface area contributed by atoms with E-state index in [4.69, 9.17) is 0 Å². The molecule has 0 aliphatic heterocycles. The molecule has 4 fully saturated rings. The molecule has 4 aliphatic carbocycles. The van der Waals surface area contributed by atoms with Gasteiger partial charge in [-0.05, 0) is 61.7 Å². The molecule has 2 N–H and O–H groups in total. The van der Waals surface area contributed by atoms with Crippen LogP contribution < -0.4 is 0 Å². The van der Waals surface area contributed by atoms with Gasteiger partial charge in [0.2, 0.25) is 12.8 Å². The van der Waals surface area contributed by atoms with Crippen LogP contribution in [0.15, 0.2) is 0 Å². The minimum atomic E-state index is -1.65. The molecule has 4 aliphatic rings. The van der Waals surface area contributed by atoms with Crippen molar-refractivity contribution in [3.05, 3.63) is 0 Å². The second kappa shape index (κ2) is 7.25. The van der Waals surface area contributed by atoms with E-state index in [1.165, 1.54) is 19.3 Å². The molecule has 0 saturated heterocycles. The van der Waals surface area contributed by atoms with Crippen LogP contribution in [-0.2, 0) is 48.5 Å². The van der Waals surface area contributed by atoms with Crippen molar-refractivity contribution in [2.24, 2.45) is 23.2 Å². The molecule has 1 unspecified atom stereocenters. The topological polar surface area (TPSA) is 77.8 Å². The number of nitrogens with zero attached hydrogens (tertiary/aromatic N) is 1. The molecule has 21 heavy (non-hydrogen) atoms. The normalized spacial score (nSPS) is 37.4. The molecule has 7 heteroatoms. The van der Waals surface area contributed by atoms with Crippen LogP contribution in [-0.4, -0.2) is 40.3 Å². The summed E-state index contributed by atoms with van der Waals surface area (Å²) in [5.74, 6) is 1.90. The fraction of sp³-hybridized carbons (Fsp3) is 0.857. The summed E-state index contributed by atoms with van der Waals surface area (Å²) in [5.41, 5.74) is -0.273. The predicted molar refractivity (Wildman–Crippen MR) is 66.6 cm³/mol. The molecule has 5 nitrogen and oxygen atoms in total. The zero-order valence-electron chi connectivity index (χ0n) is 11.6. The van der Waals surface area contributed by atoms with E-state index in [1.807, 2.05) is 0 Å². The van der Waals surface area contributed by atoms with Gasteiger partial charge in [0.05, 0.1) is 6.04 Å². The fourth-order valence-electron chi connectivity index (χ4n) is 5.48. The molecular formula is C14H21NO4Rh2. The summed E-state index contributed by atoms with van der Waals surface area (Å²) < 4.78 is 0. The van der Waals surface area contributed by atoms with Gasteiger partial charge in [-0.25, -0.2) is 0 Å². The number of hydrogen-bond donors (Lipinski definition) is 2. The Morgan fingerprint density at radius 3 is 1.57 bits per heavy atom. The minimum absolute atomic E-state index is 0. The van der Waals surface area contributed by atoms with Crippen molar-refractivity contribution in [3.63, 3.8) is 0 Å². The van der Waals surface area contributed by atoms with Crippen LogP contribution >= 0.6 is 0 Å². The Balaban J connectivity index is 0.00000110. The zero-order valence-corrected chi connectivity index (χ0v) is 14.9. The van der Waals surface area contributed by atoms with Crippen LogP contribution in [0.4, 0.5) is 0 Å². The molecule has 4 saturated carbocycles. The third-order valence-corrected chi connectivity index (χ3v) is 5.56. The molecule has 0 aromatic rings. The van der Waals surface area contributed by atoms with E-state index < -0.39 is 12.3 Å². The van der Waals surface area contributed by atoms with Crippen LogP contribution in [0.3, 0.4) is 0 Å². The van der Waals surface area contributed by atoms with Crippen molar-refractivity contribution < 1.29 is 58.8 Å². The standard InChI is InChI=1S/C14H21NO4.2Rh/c16-7-15(8-17)12(13(18)19)14-4-9-1-10(5-14)3-11(2-9)6-14;;/h7-13,18-19H,1-6H2;;.